The number of aliphatic carboxylic acids is 1. The van der Waals surface area contributed by atoms with E-state index in [4.69, 9.17) is 0 Å². The Hall–Kier alpha value is -1.77. The van der Waals surface area contributed by atoms with Gasteiger partial charge < -0.3 is 9.67 Å². The van der Waals surface area contributed by atoms with E-state index in [2.05, 4.69) is 29.8 Å². The molecule has 0 atom stereocenters. The van der Waals surface area contributed by atoms with Crippen LogP contribution in [0, 0.1) is 6.92 Å². The Morgan fingerprint density at radius 3 is 2.60 bits per heavy atom. The van der Waals surface area contributed by atoms with Crippen molar-refractivity contribution in [1.29, 1.82) is 0 Å². The van der Waals surface area contributed by atoms with Crippen LogP contribution in [0.25, 0.3) is 10.9 Å². The van der Waals surface area contributed by atoms with Gasteiger partial charge in [-0.25, -0.2) is 0 Å². The second-order valence-electron chi connectivity index (χ2n) is 6.10. The highest BCUT2D eigenvalue weighted by molar-refractivity contribution is 5.88. The number of rotatable bonds is 2. The predicted octanol–water partition coefficient (Wildman–Crippen LogP) is 3.77. The summed E-state index contributed by atoms with van der Waals surface area (Å²) in [4.78, 5) is 11.9. The molecule has 0 radical (unpaired) electrons. The molecule has 0 unspecified atom stereocenters. The normalized spacial score (nSPS) is 18.3. The van der Waals surface area contributed by atoms with Gasteiger partial charge in [0.05, 0.1) is 5.41 Å². The summed E-state index contributed by atoms with van der Waals surface area (Å²) in [5.41, 5.74) is 2.68. The Bertz CT molecular complexity index is 663. The molecule has 0 aliphatic heterocycles. The molecular weight excluding hydrogens is 250 g/mol. The van der Waals surface area contributed by atoms with Crippen LogP contribution in [0.3, 0.4) is 0 Å². The number of carboxylic acids is 1. The molecule has 3 heteroatoms. The summed E-state index contributed by atoms with van der Waals surface area (Å²) in [7, 11) is 2.03. The third kappa shape index (κ3) is 1.84. The summed E-state index contributed by atoms with van der Waals surface area (Å²) in [6.07, 6.45) is 6.81. The highest BCUT2D eigenvalue weighted by atomic mass is 16.4. The van der Waals surface area contributed by atoms with Gasteiger partial charge in [0.25, 0.3) is 0 Å². The minimum absolute atomic E-state index is 0.662. The third-order valence-electron chi connectivity index (χ3n) is 4.86. The number of nitrogens with zero attached hydrogens (tertiary/aromatic N) is 1. The van der Waals surface area contributed by atoms with E-state index in [0.29, 0.717) is 0 Å². The van der Waals surface area contributed by atoms with E-state index < -0.39 is 11.4 Å². The van der Waals surface area contributed by atoms with Crippen LogP contribution in [0.15, 0.2) is 24.4 Å². The monoisotopic (exact) mass is 271 g/mol. The van der Waals surface area contributed by atoms with Crippen molar-refractivity contribution in [3.8, 4) is 0 Å². The van der Waals surface area contributed by atoms with Gasteiger partial charge in [-0.3, -0.25) is 4.79 Å². The molecule has 106 valence electrons. The molecule has 3 nitrogen and oxygen atoms in total. The Labute approximate surface area is 119 Å². The van der Waals surface area contributed by atoms with E-state index in [1.54, 1.807) is 0 Å². The molecule has 1 heterocycles. The molecule has 1 saturated carbocycles. The maximum Gasteiger partial charge on any atom is 0.314 e. The summed E-state index contributed by atoms with van der Waals surface area (Å²) in [6, 6.07) is 6.18. The van der Waals surface area contributed by atoms with Crippen LogP contribution >= 0.6 is 0 Å². The van der Waals surface area contributed by atoms with Crippen molar-refractivity contribution in [3.05, 3.63) is 35.5 Å². The van der Waals surface area contributed by atoms with Crippen molar-refractivity contribution in [1.82, 2.24) is 4.57 Å². The summed E-state index contributed by atoms with van der Waals surface area (Å²) < 4.78 is 2.10. The Morgan fingerprint density at radius 1 is 1.25 bits per heavy atom. The lowest BCUT2D eigenvalue weighted by Crippen LogP contribution is -2.37. The van der Waals surface area contributed by atoms with Gasteiger partial charge in [-0.05, 0) is 43.0 Å². The van der Waals surface area contributed by atoms with Crippen molar-refractivity contribution in [2.75, 3.05) is 0 Å². The van der Waals surface area contributed by atoms with Gasteiger partial charge in [-0.2, -0.15) is 0 Å². The second-order valence-corrected chi connectivity index (χ2v) is 6.10. The predicted molar refractivity (Wildman–Crippen MR) is 80.1 cm³/mol. The molecule has 1 aliphatic carbocycles. The first-order valence-corrected chi connectivity index (χ1v) is 7.34. The lowest BCUT2D eigenvalue weighted by molar-refractivity contribution is -0.145. The molecule has 1 aliphatic rings. The van der Waals surface area contributed by atoms with E-state index in [-0.39, 0.29) is 0 Å². The molecule has 3 rings (SSSR count). The molecule has 0 bridgehead atoms. The molecule has 1 aromatic heterocycles. The maximum absolute atomic E-state index is 11.9. The van der Waals surface area contributed by atoms with E-state index in [1.165, 1.54) is 16.5 Å². The largest absolute Gasteiger partial charge is 0.481 e. The number of fused-ring (bicyclic) bond motifs is 1. The molecular formula is C17H21NO2. The first-order valence-electron chi connectivity index (χ1n) is 7.34. The van der Waals surface area contributed by atoms with Crippen molar-refractivity contribution in [2.24, 2.45) is 7.05 Å². The maximum atomic E-state index is 11.9. The minimum Gasteiger partial charge on any atom is -0.481 e. The zero-order valence-corrected chi connectivity index (χ0v) is 12.1. The van der Waals surface area contributed by atoms with Crippen LogP contribution in [0.2, 0.25) is 0 Å². The average Bonchev–Trinajstić information content (AvgIpc) is 2.74. The van der Waals surface area contributed by atoms with Gasteiger partial charge in [-0.1, -0.05) is 25.3 Å². The van der Waals surface area contributed by atoms with Crippen LogP contribution in [-0.4, -0.2) is 15.6 Å². The molecule has 20 heavy (non-hydrogen) atoms. The first-order chi connectivity index (χ1) is 9.54. The number of hydrogen-bond donors (Lipinski definition) is 1. The first kappa shape index (κ1) is 13.2. The number of benzene rings is 1. The standard InChI is InChI=1S/C17H21NO2/c1-12-11-18(2)15-7-6-13(10-14(12)15)17(16(19)20)8-4-3-5-9-17/h6-7,10-11H,3-5,8-9H2,1-2H3,(H,19,20). The van der Waals surface area contributed by atoms with E-state index in [1.807, 2.05) is 13.1 Å². The van der Waals surface area contributed by atoms with Gasteiger partial charge in [0.15, 0.2) is 0 Å². The number of hydrogen-bond acceptors (Lipinski definition) is 1. The van der Waals surface area contributed by atoms with Crippen molar-refractivity contribution >= 4 is 16.9 Å². The second kappa shape index (κ2) is 4.65. The van der Waals surface area contributed by atoms with Gasteiger partial charge in [-0.15, -0.1) is 0 Å². The van der Waals surface area contributed by atoms with Gasteiger partial charge in [0.2, 0.25) is 0 Å². The van der Waals surface area contributed by atoms with Crippen LogP contribution in [0.5, 0.6) is 0 Å². The van der Waals surface area contributed by atoms with E-state index >= 15 is 0 Å². The fraction of sp³-hybridized carbons (Fsp3) is 0.471. The van der Waals surface area contributed by atoms with Crippen molar-refractivity contribution in [2.45, 2.75) is 44.4 Å². The van der Waals surface area contributed by atoms with Gasteiger partial charge >= 0.3 is 5.97 Å². The van der Waals surface area contributed by atoms with Gasteiger partial charge in [0.1, 0.15) is 0 Å². The topological polar surface area (TPSA) is 42.2 Å². The lowest BCUT2D eigenvalue weighted by Gasteiger charge is -2.33. The number of carbonyl (C=O) groups is 1. The molecule has 0 spiro atoms. The fourth-order valence-electron chi connectivity index (χ4n) is 3.67. The van der Waals surface area contributed by atoms with Crippen LogP contribution in [-0.2, 0) is 17.3 Å². The lowest BCUT2D eigenvalue weighted by atomic mass is 9.69. The Morgan fingerprint density at radius 2 is 1.95 bits per heavy atom. The Balaban J connectivity index is 2.16. The number of carboxylic acid groups (broad SMARTS) is 1. The zero-order chi connectivity index (χ0) is 14.3. The van der Waals surface area contributed by atoms with Crippen LogP contribution in [0.1, 0.15) is 43.2 Å². The minimum atomic E-state index is -0.672. The van der Waals surface area contributed by atoms with Crippen LogP contribution in [0.4, 0.5) is 0 Å². The highest BCUT2D eigenvalue weighted by Gasteiger charge is 2.41. The molecule has 0 saturated heterocycles. The van der Waals surface area contributed by atoms with Crippen LogP contribution < -0.4 is 0 Å². The van der Waals surface area contributed by atoms with Gasteiger partial charge in [0, 0.05) is 24.1 Å². The molecule has 0 amide bonds. The summed E-state index contributed by atoms with van der Waals surface area (Å²) in [5.74, 6) is -0.662. The molecule has 1 fully saturated rings. The quantitative estimate of drug-likeness (QED) is 0.903. The third-order valence-corrected chi connectivity index (χ3v) is 4.86. The molecule has 1 N–H and O–H groups in total. The Kier molecular flexibility index (Phi) is 3.08. The number of aryl methyl sites for hydroxylation is 2. The molecule has 2 aromatic rings. The van der Waals surface area contributed by atoms with E-state index in [9.17, 15) is 9.90 Å². The highest BCUT2D eigenvalue weighted by Crippen LogP contribution is 2.41. The summed E-state index contributed by atoms with van der Waals surface area (Å²) in [6.45, 7) is 2.08. The number of aromatic nitrogens is 1. The van der Waals surface area contributed by atoms with E-state index in [0.717, 1.165) is 37.7 Å². The fourth-order valence-corrected chi connectivity index (χ4v) is 3.67. The molecule has 1 aromatic carbocycles. The summed E-state index contributed by atoms with van der Waals surface area (Å²) in [5, 5.41) is 11.0. The van der Waals surface area contributed by atoms with Crippen molar-refractivity contribution in [3.63, 3.8) is 0 Å². The zero-order valence-electron chi connectivity index (χ0n) is 12.1. The SMILES string of the molecule is Cc1cn(C)c2ccc(C3(C(=O)O)CCCCC3)cc12. The van der Waals surface area contributed by atoms with Crippen molar-refractivity contribution < 1.29 is 9.90 Å². The smallest absolute Gasteiger partial charge is 0.314 e. The summed E-state index contributed by atoms with van der Waals surface area (Å²) >= 11 is 0. The average molecular weight is 271 g/mol.